The fraction of sp³-hybridized carbons (Fsp3) is 0.476. The zero-order valence-electron chi connectivity index (χ0n) is 16.3. The van der Waals surface area contributed by atoms with Gasteiger partial charge in [0.15, 0.2) is 5.96 Å². The van der Waals surface area contributed by atoms with Gasteiger partial charge in [-0.25, -0.2) is 4.99 Å². The first-order chi connectivity index (χ1) is 12.8. The van der Waals surface area contributed by atoms with E-state index in [1.54, 1.807) is 6.26 Å². The summed E-state index contributed by atoms with van der Waals surface area (Å²) in [4.78, 5) is 7.23. The number of furan rings is 1. The average Bonchev–Trinajstić information content (AvgIpc) is 3.35. The van der Waals surface area contributed by atoms with Crippen LogP contribution < -0.4 is 10.6 Å². The molecule has 1 saturated heterocycles. The van der Waals surface area contributed by atoms with Crippen LogP contribution in [0.25, 0.3) is 0 Å². The van der Waals surface area contributed by atoms with Crippen LogP contribution in [-0.4, -0.2) is 37.0 Å². The molecule has 3 rings (SSSR count). The molecule has 1 aromatic carbocycles. The summed E-state index contributed by atoms with van der Waals surface area (Å²) in [7, 11) is 0. The minimum absolute atomic E-state index is 0. The molecule has 0 bridgehead atoms. The van der Waals surface area contributed by atoms with Crippen LogP contribution in [0.15, 0.2) is 52.1 Å². The van der Waals surface area contributed by atoms with Crippen LogP contribution in [0.3, 0.4) is 0 Å². The number of hydrogen-bond acceptors (Lipinski definition) is 3. The first-order valence-corrected chi connectivity index (χ1v) is 9.61. The first-order valence-electron chi connectivity index (χ1n) is 9.61. The molecule has 2 N–H and O–H groups in total. The van der Waals surface area contributed by atoms with Crippen molar-refractivity contribution >= 4 is 29.9 Å². The van der Waals surface area contributed by atoms with Crippen molar-refractivity contribution in [2.45, 2.75) is 39.3 Å². The zero-order valence-corrected chi connectivity index (χ0v) is 18.6. The number of aliphatic imine (C=N–C) groups is 1. The van der Waals surface area contributed by atoms with Crippen LogP contribution in [0.5, 0.6) is 0 Å². The van der Waals surface area contributed by atoms with Crippen LogP contribution >= 0.6 is 24.0 Å². The molecule has 6 heteroatoms. The molecule has 1 atom stereocenters. The standard InChI is InChI=1S/C21H30N4O.HI/c1-3-22-21(23-15-18-10-8-17(2)9-11-18)24-16-19(20-7-6-14-26-20)25-12-4-5-13-25;/h6-11,14,19H,3-5,12-13,15-16H2,1-2H3,(H2,22,23,24);1H. The summed E-state index contributed by atoms with van der Waals surface area (Å²) in [5.74, 6) is 1.87. The summed E-state index contributed by atoms with van der Waals surface area (Å²) in [6.45, 7) is 8.75. The van der Waals surface area contributed by atoms with Crippen molar-refractivity contribution in [1.29, 1.82) is 0 Å². The maximum Gasteiger partial charge on any atom is 0.191 e. The average molecular weight is 482 g/mol. The Bertz CT molecular complexity index is 679. The Hall–Kier alpha value is -1.54. The SMILES string of the molecule is CCNC(=NCc1ccc(C)cc1)NCC(c1ccco1)N1CCCC1.I. The summed E-state index contributed by atoms with van der Waals surface area (Å²) in [6, 6.07) is 12.8. The van der Waals surface area contributed by atoms with Crippen molar-refractivity contribution in [1.82, 2.24) is 15.5 Å². The third-order valence-corrected chi connectivity index (χ3v) is 4.80. The highest BCUT2D eigenvalue weighted by atomic mass is 127. The predicted molar refractivity (Wildman–Crippen MR) is 122 cm³/mol. The number of hydrogen-bond donors (Lipinski definition) is 2. The van der Waals surface area contributed by atoms with Gasteiger partial charge < -0.3 is 15.1 Å². The molecule has 2 aromatic rings. The van der Waals surface area contributed by atoms with E-state index in [0.717, 1.165) is 37.9 Å². The quantitative estimate of drug-likeness (QED) is 0.355. The zero-order chi connectivity index (χ0) is 18.2. The number of nitrogens with zero attached hydrogens (tertiary/aromatic N) is 2. The minimum Gasteiger partial charge on any atom is -0.468 e. The number of likely N-dealkylation sites (tertiary alicyclic amines) is 1. The Morgan fingerprint density at radius 3 is 2.52 bits per heavy atom. The fourth-order valence-electron chi connectivity index (χ4n) is 3.34. The lowest BCUT2D eigenvalue weighted by molar-refractivity contribution is 0.215. The van der Waals surface area contributed by atoms with Gasteiger partial charge in [0.1, 0.15) is 5.76 Å². The summed E-state index contributed by atoms with van der Waals surface area (Å²) in [6.07, 6.45) is 4.28. The molecule has 1 aliphatic rings. The Balaban J connectivity index is 0.00000261. The van der Waals surface area contributed by atoms with Crippen LogP contribution in [0.4, 0.5) is 0 Å². The van der Waals surface area contributed by atoms with E-state index in [2.05, 4.69) is 59.7 Å². The first kappa shape index (κ1) is 21.8. The van der Waals surface area contributed by atoms with Gasteiger partial charge in [0.05, 0.1) is 18.8 Å². The molecule has 5 nitrogen and oxygen atoms in total. The van der Waals surface area contributed by atoms with Gasteiger partial charge in [-0.3, -0.25) is 4.90 Å². The lowest BCUT2D eigenvalue weighted by Crippen LogP contribution is -2.42. The molecule has 1 unspecified atom stereocenters. The predicted octanol–water partition coefficient (Wildman–Crippen LogP) is 4.10. The molecule has 2 heterocycles. The number of benzene rings is 1. The lowest BCUT2D eigenvalue weighted by atomic mass is 10.1. The topological polar surface area (TPSA) is 52.8 Å². The van der Waals surface area contributed by atoms with E-state index < -0.39 is 0 Å². The molecule has 1 aliphatic heterocycles. The second-order valence-electron chi connectivity index (χ2n) is 6.84. The third-order valence-electron chi connectivity index (χ3n) is 4.80. The number of nitrogens with one attached hydrogen (secondary N) is 2. The molecule has 0 aliphatic carbocycles. The number of rotatable bonds is 7. The van der Waals surface area contributed by atoms with E-state index in [0.29, 0.717) is 6.54 Å². The lowest BCUT2D eigenvalue weighted by Gasteiger charge is -2.26. The van der Waals surface area contributed by atoms with Crippen LogP contribution in [-0.2, 0) is 6.54 Å². The van der Waals surface area contributed by atoms with E-state index in [1.165, 1.54) is 24.0 Å². The molecule has 0 saturated carbocycles. The van der Waals surface area contributed by atoms with E-state index in [4.69, 9.17) is 9.41 Å². The van der Waals surface area contributed by atoms with E-state index in [-0.39, 0.29) is 30.0 Å². The number of halogens is 1. The highest BCUT2D eigenvalue weighted by molar-refractivity contribution is 14.0. The van der Waals surface area contributed by atoms with Crippen molar-refractivity contribution in [3.63, 3.8) is 0 Å². The largest absolute Gasteiger partial charge is 0.468 e. The molecule has 0 spiro atoms. The molecule has 1 fully saturated rings. The number of aryl methyl sites for hydroxylation is 1. The fourth-order valence-corrected chi connectivity index (χ4v) is 3.34. The van der Waals surface area contributed by atoms with Gasteiger partial charge in [-0.2, -0.15) is 0 Å². The van der Waals surface area contributed by atoms with Crippen LogP contribution in [0.1, 0.15) is 42.7 Å². The van der Waals surface area contributed by atoms with Gasteiger partial charge in [-0.15, -0.1) is 24.0 Å². The summed E-state index contributed by atoms with van der Waals surface area (Å²) >= 11 is 0. The van der Waals surface area contributed by atoms with Crippen molar-refractivity contribution in [3.8, 4) is 0 Å². The van der Waals surface area contributed by atoms with E-state index in [1.807, 2.05) is 6.07 Å². The Morgan fingerprint density at radius 1 is 1.15 bits per heavy atom. The second-order valence-corrected chi connectivity index (χ2v) is 6.84. The van der Waals surface area contributed by atoms with E-state index in [9.17, 15) is 0 Å². The second kappa shape index (κ2) is 11.3. The smallest absolute Gasteiger partial charge is 0.191 e. The Labute approximate surface area is 179 Å². The van der Waals surface area contributed by atoms with Crippen molar-refractivity contribution in [3.05, 3.63) is 59.5 Å². The monoisotopic (exact) mass is 482 g/mol. The normalized spacial score (nSPS) is 16.0. The molecule has 0 amide bonds. The highest BCUT2D eigenvalue weighted by Crippen LogP contribution is 2.24. The number of guanidine groups is 1. The van der Waals surface area contributed by atoms with Gasteiger partial charge in [-0.1, -0.05) is 29.8 Å². The Kier molecular flexibility index (Phi) is 9.14. The maximum atomic E-state index is 5.70. The van der Waals surface area contributed by atoms with Gasteiger partial charge in [0, 0.05) is 13.1 Å². The van der Waals surface area contributed by atoms with Crippen molar-refractivity contribution in [2.75, 3.05) is 26.2 Å². The molecular formula is C21H31IN4O. The summed E-state index contributed by atoms with van der Waals surface area (Å²) < 4.78 is 5.70. The van der Waals surface area contributed by atoms with Gasteiger partial charge in [0.25, 0.3) is 0 Å². The Morgan fingerprint density at radius 2 is 1.89 bits per heavy atom. The maximum absolute atomic E-state index is 5.70. The minimum atomic E-state index is 0. The summed E-state index contributed by atoms with van der Waals surface area (Å²) in [5.41, 5.74) is 2.49. The van der Waals surface area contributed by atoms with E-state index >= 15 is 0 Å². The highest BCUT2D eigenvalue weighted by Gasteiger charge is 2.25. The van der Waals surface area contributed by atoms with Crippen LogP contribution in [0.2, 0.25) is 0 Å². The molecule has 27 heavy (non-hydrogen) atoms. The molecular weight excluding hydrogens is 451 g/mol. The third kappa shape index (κ3) is 6.53. The summed E-state index contributed by atoms with van der Waals surface area (Å²) in [5, 5.41) is 6.85. The van der Waals surface area contributed by atoms with Crippen molar-refractivity contribution < 1.29 is 4.42 Å². The van der Waals surface area contributed by atoms with Gasteiger partial charge in [0.2, 0.25) is 0 Å². The molecule has 148 valence electrons. The molecule has 1 aromatic heterocycles. The van der Waals surface area contributed by atoms with Gasteiger partial charge in [-0.05, 0) is 57.5 Å². The van der Waals surface area contributed by atoms with Gasteiger partial charge >= 0.3 is 0 Å². The van der Waals surface area contributed by atoms with Crippen molar-refractivity contribution in [2.24, 2.45) is 4.99 Å². The molecule has 0 radical (unpaired) electrons. The van der Waals surface area contributed by atoms with Crippen LogP contribution in [0, 0.1) is 6.92 Å².